The third kappa shape index (κ3) is 5.72. The van der Waals surface area contributed by atoms with Gasteiger partial charge in [0.15, 0.2) is 0 Å². The molecule has 0 saturated carbocycles. The standard InChI is InChI=1S/C18H20N4O3/c1-13-8-9-15(19-10-13)21-16(23)12-22(2)17(24)11-20-18(25)14-6-4-3-5-7-14/h3-10H,11-12H2,1-2H3,(H,20,25)(H,19,21,23). The van der Waals surface area contributed by atoms with Crippen LogP contribution in [0.5, 0.6) is 0 Å². The molecule has 3 amide bonds. The molecule has 0 spiro atoms. The molecule has 25 heavy (non-hydrogen) atoms. The Morgan fingerprint density at radius 2 is 1.80 bits per heavy atom. The van der Waals surface area contributed by atoms with Crippen LogP contribution < -0.4 is 10.6 Å². The number of hydrogen-bond donors (Lipinski definition) is 2. The van der Waals surface area contributed by atoms with Crippen LogP contribution in [0.15, 0.2) is 48.7 Å². The summed E-state index contributed by atoms with van der Waals surface area (Å²) in [7, 11) is 1.50. The molecule has 1 aromatic carbocycles. The zero-order chi connectivity index (χ0) is 18.2. The third-order valence-corrected chi connectivity index (χ3v) is 3.42. The molecule has 0 saturated heterocycles. The van der Waals surface area contributed by atoms with Gasteiger partial charge < -0.3 is 15.5 Å². The quantitative estimate of drug-likeness (QED) is 0.827. The molecule has 0 aliphatic carbocycles. The average Bonchev–Trinajstić information content (AvgIpc) is 2.62. The average molecular weight is 340 g/mol. The van der Waals surface area contributed by atoms with Crippen molar-refractivity contribution < 1.29 is 14.4 Å². The molecule has 1 heterocycles. The molecule has 0 aliphatic rings. The van der Waals surface area contributed by atoms with E-state index in [1.54, 1.807) is 42.6 Å². The first-order chi connectivity index (χ1) is 12.0. The zero-order valence-electron chi connectivity index (χ0n) is 14.2. The molecular weight excluding hydrogens is 320 g/mol. The molecule has 0 fully saturated rings. The van der Waals surface area contributed by atoms with Crippen molar-refractivity contribution in [1.82, 2.24) is 15.2 Å². The van der Waals surface area contributed by atoms with Crippen LogP contribution >= 0.6 is 0 Å². The van der Waals surface area contributed by atoms with E-state index < -0.39 is 0 Å². The summed E-state index contributed by atoms with van der Waals surface area (Å²) in [5, 5.41) is 5.15. The maximum Gasteiger partial charge on any atom is 0.251 e. The first-order valence-corrected chi connectivity index (χ1v) is 7.75. The topological polar surface area (TPSA) is 91.4 Å². The Bertz CT molecular complexity index is 745. The minimum Gasteiger partial charge on any atom is -0.343 e. The highest BCUT2D eigenvalue weighted by molar-refractivity contribution is 5.97. The summed E-state index contributed by atoms with van der Waals surface area (Å²) in [6.45, 7) is 1.59. The number of anilines is 1. The molecular formula is C18H20N4O3. The van der Waals surface area contributed by atoms with Gasteiger partial charge in [0.2, 0.25) is 11.8 Å². The van der Waals surface area contributed by atoms with Crippen molar-refractivity contribution in [2.24, 2.45) is 0 Å². The van der Waals surface area contributed by atoms with Crippen LogP contribution in [0.2, 0.25) is 0 Å². The Morgan fingerprint density at radius 3 is 2.44 bits per heavy atom. The van der Waals surface area contributed by atoms with E-state index in [0.29, 0.717) is 11.4 Å². The summed E-state index contributed by atoms with van der Waals surface area (Å²) in [6, 6.07) is 12.1. The fourth-order valence-electron chi connectivity index (χ4n) is 2.01. The molecule has 0 bridgehead atoms. The second-order valence-corrected chi connectivity index (χ2v) is 5.57. The lowest BCUT2D eigenvalue weighted by atomic mass is 10.2. The van der Waals surface area contributed by atoms with Crippen LogP contribution in [0.3, 0.4) is 0 Å². The van der Waals surface area contributed by atoms with E-state index in [1.165, 1.54) is 11.9 Å². The number of carbonyl (C=O) groups is 3. The fourth-order valence-corrected chi connectivity index (χ4v) is 2.01. The second kappa shape index (κ2) is 8.58. The summed E-state index contributed by atoms with van der Waals surface area (Å²) in [5.74, 6) is -0.637. The Labute approximate surface area is 146 Å². The van der Waals surface area contributed by atoms with Gasteiger partial charge in [0.1, 0.15) is 5.82 Å². The number of pyridine rings is 1. The monoisotopic (exact) mass is 340 g/mol. The number of aromatic nitrogens is 1. The third-order valence-electron chi connectivity index (χ3n) is 3.42. The Kier molecular flexibility index (Phi) is 6.22. The van der Waals surface area contributed by atoms with Gasteiger partial charge >= 0.3 is 0 Å². The molecule has 0 unspecified atom stereocenters. The van der Waals surface area contributed by atoms with Crippen molar-refractivity contribution in [3.05, 3.63) is 59.8 Å². The van der Waals surface area contributed by atoms with Gasteiger partial charge in [0, 0.05) is 18.8 Å². The van der Waals surface area contributed by atoms with E-state index in [9.17, 15) is 14.4 Å². The minimum absolute atomic E-state index is 0.129. The van der Waals surface area contributed by atoms with Crippen molar-refractivity contribution in [2.75, 3.05) is 25.5 Å². The summed E-state index contributed by atoms with van der Waals surface area (Å²) in [4.78, 5) is 41.2. The predicted octanol–water partition coefficient (Wildman–Crippen LogP) is 1.22. The molecule has 7 heteroatoms. The van der Waals surface area contributed by atoms with Gasteiger partial charge in [0.05, 0.1) is 13.1 Å². The van der Waals surface area contributed by atoms with Crippen LogP contribution in [0.1, 0.15) is 15.9 Å². The number of likely N-dealkylation sites (N-methyl/N-ethyl adjacent to an activating group) is 1. The predicted molar refractivity (Wildman–Crippen MR) is 94.0 cm³/mol. The van der Waals surface area contributed by atoms with Gasteiger partial charge in [-0.05, 0) is 30.7 Å². The van der Waals surface area contributed by atoms with Crippen molar-refractivity contribution >= 4 is 23.5 Å². The van der Waals surface area contributed by atoms with E-state index >= 15 is 0 Å². The van der Waals surface area contributed by atoms with Gasteiger partial charge in [-0.15, -0.1) is 0 Å². The molecule has 0 radical (unpaired) electrons. The normalized spacial score (nSPS) is 10.0. The number of amides is 3. The lowest BCUT2D eigenvalue weighted by Gasteiger charge is -2.17. The van der Waals surface area contributed by atoms with Crippen LogP contribution in [-0.2, 0) is 9.59 Å². The summed E-state index contributed by atoms with van der Waals surface area (Å²) >= 11 is 0. The lowest BCUT2D eigenvalue weighted by Crippen LogP contribution is -2.41. The van der Waals surface area contributed by atoms with Gasteiger partial charge in [-0.25, -0.2) is 4.98 Å². The summed E-state index contributed by atoms with van der Waals surface area (Å²) in [5.41, 5.74) is 1.46. The minimum atomic E-state index is -0.365. The largest absolute Gasteiger partial charge is 0.343 e. The van der Waals surface area contributed by atoms with Gasteiger partial charge in [0.25, 0.3) is 5.91 Å². The highest BCUT2D eigenvalue weighted by Crippen LogP contribution is 2.03. The van der Waals surface area contributed by atoms with Crippen LogP contribution in [0.25, 0.3) is 0 Å². The zero-order valence-corrected chi connectivity index (χ0v) is 14.2. The van der Waals surface area contributed by atoms with Crippen LogP contribution in [0.4, 0.5) is 5.82 Å². The van der Waals surface area contributed by atoms with E-state index in [-0.39, 0.29) is 30.8 Å². The summed E-state index contributed by atoms with van der Waals surface area (Å²) in [6.07, 6.45) is 1.64. The maximum atomic E-state index is 12.0. The number of nitrogens with one attached hydrogen (secondary N) is 2. The number of rotatable bonds is 6. The first kappa shape index (κ1) is 18.1. The maximum absolute atomic E-state index is 12.0. The first-order valence-electron chi connectivity index (χ1n) is 7.75. The highest BCUT2D eigenvalue weighted by atomic mass is 16.2. The van der Waals surface area contributed by atoms with Crippen LogP contribution in [-0.4, -0.2) is 47.7 Å². The lowest BCUT2D eigenvalue weighted by molar-refractivity contribution is -0.132. The number of hydrogen-bond acceptors (Lipinski definition) is 4. The summed E-state index contributed by atoms with van der Waals surface area (Å²) < 4.78 is 0. The van der Waals surface area contributed by atoms with E-state index in [0.717, 1.165) is 5.56 Å². The Hall–Kier alpha value is -3.22. The number of nitrogens with zero attached hydrogens (tertiary/aromatic N) is 2. The number of benzene rings is 1. The van der Waals surface area contributed by atoms with Crippen molar-refractivity contribution in [1.29, 1.82) is 0 Å². The highest BCUT2D eigenvalue weighted by Gasteiger charge is 2.14. The number of aryl methyl sites for hydroxylation is 1. The van der Waals surface area contributed by atoms with E-state index in [1.807, 2.05) is 13.0 Å². The molecule has 0 atom stereocenters. The van der Waals surface area contributed by atoms with Crippen molar-refractivity contribution in [3.8, 4) is 0 Å². The number of carbonyl (C=O) groups excluding carboxylic acids is 3. The SMILES string of the molecule is Cc1ccc(NC(=O)CN(C)C(=O)CNC(=O)c2ccccc2)nc1. The fraction of sp³-hybridized carbons (Fsp3) is 0.222. The van der Waals surface area contributed by atoms with E-state index in [4.69, 9.17) is 0 Å². The Balaban J connectivity index is 1.78. The smallest absolute Gasteiger partial charge is 0.251 e. The van der Waals surface area contributed by atoms with Crippen molar-refractivity contribution in [2.45, 2.75) is 6.92 Å². The van der Waals surface area contributed by atoms with Gasteiger partial charge in [-0.2, -0.15) is 0 Å². The second-order valence-electron chi connectivity index (χ2n) is 5.57. The van der Waals surface area contributed by atoms with Gasteiger partial charge in [-0.1, -0.05) is 24.3 Å². The molecule has 7 nitrogen and oxygen atoms in total. The Morgan fingerprint density at radius 1 is 1.08 bits per heavy atom. The van der Waals surface area contributed by atoms with Crippen LogP contribution in [0, 0.1) is 6.92 Å². The molecule has 1 aromatic heterocycles. The molecule has 0 aliphatic heterocycles. The molecule has 2 aromatic rings. The van der Waals surface area contributed by atoms with E-state index in [2.05, 4.69) is 15.6 Å². The van der Waals surface area contributed by atoms with Gasteiger partial charge in [-0.3, -0.25) is 14.4 Å². The van der Waals surface area contributed by atoms with Crippen molar-refractivity contribution in [3.63, 3.8) is 0 Å². The molecule has 2 N–H and O–H groups in total. The molecule has 2 rings (SSSR count). The molecule has 130 valence electrons.